The first-order valence-corrected chi connectivity index (χ1v) is 5.16. The summed E-state index contributed by atoms with van der Waals surface area (Å²) in [7, 11) is 2.94. The predicted octanol–water partition coefficient (Wildman–Crippen LogP) is 0.827. The van der Waals surface area contributed by atoms with Crippen molar-refractivity contribution in [2.45, 2.75) is 33.0 Å². The molecule has 4 heteroatoms. The number of carbonyl (C=O) groups is 1. The largest absolute Gasteiger partial charge is 0.469 e. The highest BCUT2D eigenvalue weighted by atomic mass is 16.5. The van der Waals surface area contributed by atoms with Crippen LogP contribution in [0, 0.1) is 17.3 Å². The number of hydrogen-bond donors (Lipinski definition) is 1. The smallest absolute Gasteiger partial charge is 0.309 e. The van der Waals surface area contributed by atoms with Crippen molar-refractivity contribution in [2.75, 3.05) is 14.2 Å². The highest BCUT2D eigenvalue weighted by Crippen LogP contribution is 2.61. The Morgan fingerprint density at radius 2 is 1.93 bits per heavy atom. The van der Waals surface area contributed by atoms with Crippen molar-refractivity contribution in [3.63, 3.8) is 0 Å². The molecule has 0 aliphatic heterocycles. The molecule has 0 aromatic heterocycles. The Kier molecular flexibility index (Phi) is 3.41. The van der Waals surface area contributed by atoms with Crippen LogP contribution >= 0.6 is 0 Å². The molecule has 0 radical (unpaired) electrons. The summed E-state index contributed by atoms with van der Waals surface area (Å²) in [5.74, 6) is -0.343. The van der Waals surface area contributed by atoms with E-state index in [2.05, 4.69) is 0 Å². The van der Waals surface area contributed by atoms with E-state index in [0.717, 1.165) is 0 Å². The summed E-state index contributed by atoms with van der Waals surface area (Å²) in [5.41, 5.74) is -0.148. The third kappa shape index (κ3) is 2.01. The molecule has 1 aliphatic carbocycles. The number of methoxy groups -OCH3 is 2. The van der Waals surface area contributed by atoms with Crippen LogP contribution in [0.15, 0.2) is 0 Å². The van der Waals surface area contributed by atoms with Crippen LogP contribution in [-0.2, 0) is 14.3 Å². The quantitative estimate of drug-likeness (QED) is 0.707. The second kappa shape index (κ2) is 4.10. The summed E-state index contributed by atoms with van der Waals surface area (Å²) >= 11 is 0. The first-order valence-electron chi connectivity index (χ1n) is 5.16. The SMILES string of the molecule is COC(=O)C1C(C(OC)C(C)O)C1(C)C. The van der Waals surface area contributed by atoms with Crippen molar-refractivity contribution in [1.82, 2.24) is 0 Å². The molecule has 4 unspecified atom stereocenters. The van der Waals surface area contributed by atoms with Gasteiger partial charge in [0.2, 0.25) is 0 Å². The minimum Gasteiger partial charge on any atom is -0.469 e. The number of ether oxygens (including phenoxy) is 2. The Balaban J connectivity index is 2.76. The summed E-state index contributed by atoms with van der Waals surface area (Å²) in [6.45, 7) is 5.66. The Labute approximate surface area is 90.6 Å². The molecule has 0 aromatic carbocycles. The van der Waals surface area contributed by atoms with E-state index in [-0.39, 0.29) is 29.3 Å². The van der Waals surface area contributed by atoms with Crippen LogP contribution in [0.5, 0.6) is 0 Å². The van der Waals surface area contributed by atoms with Crippen molar-refractivity contribution in [2.24, 2.45) is 17.3 Å². The molecule has 88 valence electrons. The predicted molar refractivity (Wildman–Crippen MR) is 55.3 cm³/mol. The summed E-state index contributed by atoms with van der Waals surface area (Å²) in [6, 6.07) is 0. The lowest BCUT2D eigenvalue weighted by atomic mass is 10.0. The molecule has 0 spiro atoms. The number of esters is 1. The van der Waals surface area contributed by atoms with Crippen molar-refractivity contribution >= 4 is 5.97 Å². The van der Waals surface area contributed by atoms with E-state index in [1.165, 1.54) is 7.11 Å². The maximum Gasteiger partial charge on any atom is 0.309 e. The van der Waals surface area contributed by atoms with Crippen LogP contribution in [0.1, 0.15) is 20.8 Å². The third-order valence-electron chi connectivity index (χ3n) is 3.47. The van der Waals surface area contributed by atoms with E-state index in [1.807, 2.05) is 13.8 Å². The van der Waals surface area contributed by atoms with E-state index < -0.39 is 6.10 Å². The van der Waals surface area contributed by atoms with Crippen molar-refractivity contribution in [3.8, 4) is 0 Å². The first kappa shape index (κ1) is 12.5. The maximum absolute atomic E-state index is 11.5. The Morgan fingerprint density at radius 3 is 2.27 bits per heavy atom. The van der Waals surface area contributed by atoms with E-state index in [1.54, 1.807) is 14.0 Å². The van der Waals surface area contributed by atoms with Crippen LogP contribution in [0.2, 0.25) is 0 Å². The lowest BCUT2D eigenvalue weighted by Crippen LogP contribution is -2.29. The van der Waals surface area contributed by atoms with Gasteiger partial charge in [-0.1, -0.05) is 13.8 Å². The zero-order chi connectivity index (χ0) is 11.8. The Morgan fingerprint density at radius 1 is 1.40 bits per heavy atom. The van der Waals surface area contributed by atoms with Crippen molar-refractivity contribution in [3.05, 3.63) is 0 Å². The molecular weight excluding hydrogens is 196 g/mol. The van der Waals surface area contributed by atoms with Gasteiger partial charge in [-0.05, 0) is 12.3 Å². The molecule has 0 amide bonds. The third-order valence-corrected chi connectivity index (χ3v) is 3.47. The van der Waals surface area contributed by atoms with Crippen molar-refractivity contribution in [1.29, 1.82) is 0 Å². The fraction of sp³-hybridized carbons (Fsp3) is 0.909. The summed E-state index contributed by atoms with van der Waals surface area (Å²) in [6.07, 6.45) is -0.877. The van der Waals surface area contributed by atoms with Gasteiger partial charge in [-0.15, -0.1) is 0 Å². The normalized spacial score (nSPS) is 31.9. The van der Waals surface area contributed by atoms with Gasteiger partial charge in [0.25, 0.3) is 0 Å². The highest BCUT2D eigenvalue weighted by Gasteiger charge is 2.66. The molecule has 4 nitrogen and oxygen atoms in total. The molecule has 1 aliphatic rings. The van der Waals surface area contributed by atoms with Gasteiger partial charge in [0.1, 0.15) is 0 Å². The lowest BCUT2D eigenvalue weighted by molar-refractivity contribution is -0.143. The van der Waals surface area contributed by atoms with Crippen LogP contribution in [-0.4, -0.2) is 37.5 Å². The molecule has 1 N–H and O–H groups in total. The van der Waals surface area contributed by atoms with E-state index in [4.69, 9.17) is 9.47 Å². The molecule has 0 saturated heterocycles. The van der Waals surface area contributed by atoms with Crippen LogP contribution in [0.25, 0.3) is 0 Å². The Bertz CT molecular complexity index is 247. The van der Waals surface area contributed by atoms with Crippen LogP contribution in [0.4, 0.5) is 0 Å². The fourth-order valence-electron chi connectivity index (χ4n) is 2.51. The number of hydrogen-bond acceptors (Lipinski definition) is 4. The van der Waals surface area contributed by atoms with Gasteiger partial charge in [0.15, 0.2) is 0 Å². The lowest BCUT2D eigenvalue weighted by Gasteiger charge is -2.19. The first-order chi connectivity index (χ1) is 6.87. The van der Waals surface area contributed by atoms with Crippen LogP contribution in [0.3, 0.4) is 0 Å². The number of carbonyl (C=O) groups excluding carboxylic acids is 1. The molecule has 1 rings (SSSR count). The monoisotopic (exact) mass is 216 g/mol. The molecule has 0 heterocycles. The van der Waals surface area contributed by atoms with E-state index in [9.17, 15) is 9.90 Å². The minimum absolute atomic E-state index is 0.0370. The molecule has 0 aromatic rings. The van der Waals surface area contributed by atoms with Crippen molar-refractivity contribution < 1.29 is 19.4 Å². The second-order valence-electron chi connectivity index (χ2n) is 4.79. The zero-order valence-electron chi connectivity index (χ0n) is 9.98. The van der Waals surface area contributed by atoms with Gasteiger partial charge in [-0.25, -0.2) is 0 Å². The van der Waals surface area contributed by atoms with Gasteiger partial charge in [-0.3, -0.25) is 4.79 Å². The summed E-state index contributed by atoms with van der Waals surface area (Å²) < 4.78 is 9.98. The molecule has 1 fully saturated rings. The number of rotatable bonds is 4. The summed E-state index contributed by atoms with van der Waals surface area (Å²) in [4.78, 5) is 11.5. The molecule has 4 atom stereocenters. The Hall–Kier alpha value is -0.610. The average Bonchev–Trinajstić information content (AvgIpc) is 2.69. The summed E-state index contributed by atoms with van der Waals surface area (Å²) in [5, 5.41) is 9.55. The standard InChI is InChI=1S/C11H20O4/c1-6(12)9(14-4)7-8(10(13)15-5)11(7,2)3/h6-9,12H,1-5H3. The van der Waals surface area contributed by atoms with Gasteiger partial charge in [0, 0.05) is 13.0 Å². The molecule has 15 heavy (non-hydrogen) atoms. The minimum atomic E-state index is -0.575. The fourth-order valence-corrected chi connectivity index (χ4v) is 2.51. The van der Waals surface area contributed by atoms with Gasteiger partial charge in [0.05, 0.1) is 25.2 Å². The van der Waals surface area contributed by atoms with Gasteiger partial charge < -0.3 is 14.6 Å². The van der Waals surface area contributed by atoms with Gasteiger partial charge in [-0.2, -0.15) is 0 Å². The number of aliphatic hydroxyl groups excluding tert-OH is 1. The van der Waals surface area contributed by atoms with Gasteiger partial charge >= 0.3 is 5.97 Å². The van der Waals surface area contributed by atoms with E-state index >= 15 is 0 Å². The molecular formula is C11H20O4. The maximum atomic E-state index is 11.5. The topological polar surface area (TPSA) is 55.8 Å². The second-order valence-corrected chi connectivity index (χ2v) is 4.79. The molecule has 0 bridgehead atoms. The molecule has 1 saturated carbocycles. The average molecular weight is 216 g/mol. The highest BCUT2D eigenvalue weighted by molar-refractivity contribution is 5.77. The van der Waals surface area contributed by atoms with Crippen LogP contribution < -0.4 is 0 Å². The van der Waals surface area contributed by atoms with E-state index in [0.29, 0.717) is 0 Å². The zero-order valence-corrected chi connectivity index (χ0v) is 9.98. The number of aliphatic hydroxyl groups is 1.